The van der Waals surface area contributed by atoms with Crippen LogP contribution in [0.15, 0.2) is 76.1 Å². The molecule has 4 nitrogen and oxygen atoms in total. The molecule has 162 valence electrons. The van der Waals surface area contributed by atoms with Crippen LogP contribution in [-0.4, -0.2) is 16.0 Å². The number of ether oxygens (including phenoxy) is 1. The Kier molecular flexibility index (Phi) is 7.32. The fraction of sp³-hybridized carbons (Fsp3) is 0.0833. The molecule has 32 heavy (non-hydrogen) atoms. The highest BCUT2D eigenvalue weighted by atomic mass is 127. The zero-order chi connectivity index (χ0) is 22.7. The molecule has 2 amide bonds. The third kappa shape index (κ3) is 5.60. The molecule has 0 radical (unpaired) electrons. The summed E-state index contributed by atoms with van der Waals surface area (Å²) in [6.45, 7) is 0.550. The van der Waals surface area contributed by atoms with Gasteiger partial charge in [-0.1, -0.05) is 30.3 Å². The van der Waals surface area contributed by atoms with E-state index in [0.717, 1.165) is 32.3 Å². The number of amides is 2. The first-order valence-electron chi connectivity index (χ1n) is 9.55. The maximum atomic E-state index is 13.1. The summed E-state index contributed by atoms with van der Waals surface area (Å²) in [6.07, 6.45) is 1.68. The minimum absolute atomic E-state index is 0.108. The van der Waals surface area contributed by atoms with Crippen LogP contribution in [-0.2, 0) is 17.9 Å². The van der Waals surface area contributed by atoms with Crippen LogP contribution in [0.3, 0.4) is 0 Å². The summed E-state index contributed by atoms with van der Waals surface area (Å²) in [4.78, 5) is 26.6. The quantitative estimate of drug-likeness (QED) is 0.219. The van der Waals surface area contributed by atoms with E-state index in [2.05, 4.69) is 38.5 Å². The van der Waals surface area contributed by atoms with Gasteiger partial charge < -0.3 is 4.74 Å². The van der Waals surface area contributed by atoms with Gasteiger partial charge in [0.1, 0.15) is 18.2 Å². The average Bonchev–Trinajstić information content (AvgIpc) is 3.03. The van der Waals surface area contributed by atoms with Crippen LogP contribution in [0.4, 0.5) is 9.18 Å². The number of hydrogen-bond donors (Lipinski definition) is 0. The van der Waals surface area contributed by atoms with Crippen LogP contribution in [0.25, 0.3) is 6.08 Å². The highest BCUT2D eigenvalue weighted by molar-refractivity contribution is 14.1. The smallest absolute Gasteiger partial charge is 0.293 e. The van der Waals surface area contributed by atoms with E-state index in [1.54, 1.807) is 18.2 Å². The van der Waals surface area contributed by atoms with Gasteiger partial charge >= 0.3 is 0 Å². The molecule has 3 aromatic carbocycles. The van der Waals surface area contributed by atoms with Crippen LogP contribution in [0.5, 0.6) is 5.75 Å². The summed E-state index contributed by atoms with van der Waals surface area (Å²) in [5.74, 6) is -0.0380. The van der Waals surface area contributed by atoms with Crippen LogP contribution < -0.4 is 4.74 Å². The van der Waals surface area contributed by atoms with Gasteiger partial charge in [-0.15, -0.1) is 0 Å². The van der Waals surface area contributed by atoms with E-state index in [-0.39, 0.29) is 23.5 Å². The Morgan fingerprint density at radius 3 is 2.38 bits per heavy atom. The van der Waals surface area contributed by atoms with Gasteiger partial charge in [0, 0.05) is 3.57 Å². The standard InChI is InChI=1S/C24H16BrFINO3S/c25-20-11-17(5-10-21(20)31-14-16-3-8-19(27)9-4-16)12-22-23(29)28(24(30)32-22)13-15-1-6-18(26)7-2-15/h1-12H,13-14H2/b22-12-. The third-order valence-corrected chi connectivity index (χ3v) is 6.94. The minimum Gasteiger partial charge on any atom is -0.488 e. The summed E-state index contributed by atoms with van der Waals surface area (Å²) < 4.78 is 20.9. The lowest BCUT2D eigenvalue weighted by Crippen LogP contribution is -2.27. The number of halogens is 3. The van der Waals surface area contributed by atoms with Crippen molar-refractivity contribution in [2.24, 2.45) is 0 Å². The number of carbonyl (C=O) groups is 2. The molecule has 1 fully saturated rings. The molecule has 0 bridgehead atoms. The van der Waals surface area contributed by atoms with Crippen LogP contribution in [0.1, 0.15) is 16.7 Å². The number of rotatable bonds is 6. The second kappa shape index (κ2) is 10.2. The second-order valence-corrected chi connectivity index (χ2v) is 10.1. The van der Waals surface area contributed by atoms with Crippen molar-refractivity contribution >= 4 is 67.5 Å². The lowest BCUT2D eigenvalue weighted by molar-refractivity contribution is -0.123. The summed E-state index contributed by atoms with van der Waals surface area (Å²) >= 11 is 6.67. The maximum absolute atomic E-state index is 13.1. The van der Waals surface area contributed by atoms with E-state index in [9.17, 15) is 14.0 Å². The van der Waals surface area contributed by atoms with Crippen molar-refractivity contribution in [2.45, 2.75) is 13.2 Å². The Labute approximate surface area is 211 Å². The monoisotopic (exact) mass is 623 g/mol. The molecule has 1 aliphatic heterocycles. The summed E-state index contributed by atoms with van der Waals surface area (Å²) in [6, 6.07) is 19.3. The molecule has 0 aliphatic carbocycles. The molecule has 8 heteroatoms. The Hall–Kier alpha value is -2.17. The van der Waals surface area contributed by atoms with Gasteiger partial charge in [0.2, 0.25) is 0 Å². The highest BCUT2D eigenvalue weighted by Gasteiger charge is 2.35. The van der Waals surface area contributed by atoms with Crippen molar-refractivity contribution in [2.75, 3.05) is 0 Å². The molecular weight excluding hydrogens is 608 g/mol. The first-order chi connectivity index (χ1) is 15.4. The molecule has 0 spiro atoms. The zero-order valence-corrected chi connectivity index (χ0v) is 21.1. The molecular formula is C24H16BrFINO3S. The van der Waals surface area contributed by atoms with Crippen molar-refractivity contribution in [1.29, 1.82) is 0 Å². The third-order valence-electron chi connectivity index (χ3n) is 4.69. The number of carbonyl (C=O) groups excluding carboxylic acids is 2. The number of nitrogens with zero attached hydrogens (tertiary/aromatic N) is 1. The Balaban J connectivity index is 1.44. The minimum atomic E-state index is -0.362. The van der Waals surface area contributed by atoms with Gasteiger partial charge in [-0.2, -0.15) is 0 Å². The number of benzene rings is 3. The van der Waals surface area contributed by atoms with Gasteiger partial charge in [-0.05, 0) is 109 Å². The SMILES string of the molecule is O=C1S/C(=C\c2ccc(OCc3ccc(I)cc3)c(Br)c2)C(=O)N1Cc1ccc(F)cc1. The van der Waals surface area contributed by atoms with E-state index in [1.807, 2.05) is 42.5 Å². The largest absolute Gasteiger partial charge is 0.488 e. The highest BCUT2D eigenvalue weighted by Crippen LogP contribution is 2.35. The Bertz CT molecular complexity index is 1200. The summed E-state index contributed by atoms with van der Waals surface area (Å²) in [7, 11) is 0. The lowest BCUT2D eigenvalue weighted by atomic mass is 10.2. The predicted molar refractivity (Wildman–Crippen MR) is 136 cm³/mol. The van der Waals surface area contributed by atoms with Crippen LogP contribution >= 0.6 is 50.3 Å². The normalized spacial score (nSPS) is 15.0. The molecule has 0 atom stereocenters. The molecule has 0 unspecified atom stereocenters. The zero-order valence-electron chi connectivity index (χ0n) is 16.6. The first kappa shape index (κ1) is 23.0. The van der Waals surface area contributed by atoms with Crippen molar-refractivity contribution in [3.05, 3.63) is 102 Å². The second-order valence-electron chi connectivity index (χ2n) is 7.00. The molecule has 0 N–H and O–H groups in total. The van der Waals surface area contributed by atoms with Gasteiger partial charge in [0.25, 0.3) is 11.1 Å². The lowest BCUT2D eigenvalue weighted by Gasteiger charge is -2.12. The van der Waals surface area contributed by atoms with Crippen LogP contribution in [0.2, 0.25) is 0 Å². The average molecular weight is 624 g/mol. The molecule has 1 heterocycles. The maximum Gasteiger partial charge on any atom is 0.293 e. The number of thioether (sulfide) groups is 1. The van der Waals surface area contributed by atoms with E-state index < -0.39 is 0 Å². The van der Waals surface area contributed by atoms with Gasteiger partial charge in [-0.25, -0.2) is 4.39 Å². The Morgan fingerprint density at radius 2 is 1.69 bits per heavy atom. The van der Waals surface area contributed by atoms with Gasteiger partial charge in [-0.3, -0.25) is 14.5 Å². The van der Waals surface area contributed by atoms with E-state index in [4.69, 9.17) is 4.74 Å². The number of hydrogen-bond acceptors (Lipinski definition) is 4. The predicted octanol–water partition coefficient (Wildman–Crippen LogP) is 7.01. The molecule has 0 saturated carbocycles. The van der Waals surface area contributed by atoms with Crippen LogP contribution in [0, 0.1) is 9.39 Å². The van der Waals surface area contributed by atoms with Crippen molar-refractivity contribution in [3.63, 3.8) is 0 Å². The van der Waals surface area contributed by atoms with Crippen molar-refractivity contribution in [1.82, 2.24) is 4.90 Å². The Morgan fingerprint density at radius 1 is 1.00 bits per heavy atom. The van der Waals surface area contributed by atoms with E-state index in [1.165, 1.54) is 15.7 Å². The first-order valence-corrected chi connectivity index (χ1v) is 12.2. The van der Waals surface area contributed by atoms with E-state index >= 15 is 0 Å². The fourth-order valence-electron chi connectivity index (χ4n) is 3.03. The van der Waals surface area contributed by atoms with Gasteiger partial charge in [0.15, 0.2) is 0 Å². The topological polar surface area (TPSA) is 46.6 Å². The summed E-state index contributed by atoms with van der Waals surface area (Å²) in [5, 5.41) is -0.345. The van der Waals surface area contributed by atoms with E-state index in [0.29, 0.717) is 22.8 Å². The number of imide groups is 1. The summed E-state index contributed by atoms with van der Waals surface area (Å²) in [5.41, 5.74) is 2.52. The van der Waals surface area contributed by atoms with Crippen molar-refractivity contribution < 1.29 is 18.7 Å². The van der Waals surface area contributed by atoms with Gasteiger partial charge in [0.05, 0.1) is 15.9 Å². The molecule has 1 aliphatic rings. The van der Waals surface area contributed by atoms with Crippen molar-refractivity contribution in [3.8, 4) is 5.75 Å². The fourth-order valence-corrected chi connectivity index (χ4v) is 4.73. The molecule has 0 aromatic heterocycles. The molecule has 4 rings (SSSR count). The molecule has 1 saturated heterocycles. The molecule has 3 aromatic rings.